The van der Waals surface area contributed by atoms with Crippen LogP contribution in [-0.2, 0) is 4.75 Å². The molecular formula is C19H21NS. The van der Waals surface area contributed by atoms with Crippen LogP contribution in [0, 0.1) is 0 Å². The van der Waals surface area contributed by atoms with E-state index in [0.717, 1.165) is 11.5 Å². The first kappa shape index (κ1) is 14.4. The van der Waals surface area contributed by atoms with E-state index in [2.05, 4.69) is 81.4 Å². The highest BCUT2D eigenvalue weighted by Crippen LogP contribution is 2.48. The molecule has 1 aliphatic rings. The van der Waals surface area contributed by atoms with E-state index in [9.17, 15) is 0 Å². The third-order valence-corrected chi connectivity index (χ3v) is 5.25. The van der Waals surface area contributed by atoms with Crippen molar-refractivity contribution in [2.45, 2.75) is 37.5 Å². The van der Waals surface area contributed by atoms with Crippen LogP contribution in [0.15, 0.2) is 65.7 Å². The summed E-state index contributed by atoms with van der Waals surface area (Å²) in [4.78, 5) is 4.98. The predicted octanol–water partition coefficient (Wildman–Crippen LogP) is 5.26. The molecule has 2 heteroatoms. The normalized spacial score (nSPS) is 24.4. The average molecular weight is 295 g/mol. The molecule has 0 radical (unpaired) electrons. The van der Waals surface area contributed by atoms with Gasteiger partial charge < -0.3 is 0 Å². The molecule has 1 heterocycles. The first-order chi connectivity index (χ1) is 9.99. The molecule has 0 amide bonds. The van der Waals surface area contributed by atoms with E-state index in [0.29, 0.717) is 0 Å². The molecule has 1 atom stereocenters. The maximum absolute atomic E-state index is 4.98. The number of aliphatic imine (C=N–C) groups is 1. The second-order valence-electron chi connectivity index (χ2n) is 6.47. The largest absolute Gasteiger partial charge is 0.272 e. The third kappa shape index (κ3) is 3.06. The highest BCUT2D eigenvalue weighted by atomic mass is 32.2. The Kier molecular flexibility index (Phi) is 3.66. The zero-order valence-corrected chi connectivity index (χ0v) is 13.7. The summed E-state index contributed by atoms with van der Waals surface area (Å²) in [5.74, 6) is 0. The lowest BCUT2D eigenvalue weighted by atomic mass is 9.86. The molecule has 0 N–H and O–H groups in total. The van der Waals surface area contributed by atoms with Crippen molar-refractivity contribution < 1.29 is 0 Å². The van der Waals surface area contributed by atoms with Crippen LogP contribution in [-0.4, -0.2) is 10.6 Å². The molecule has 2 aromatic carbocycles. The van der Waals surface area contributed by atoms with Gasteiger partial charge in [0, 0.05) is 10.3 Å². The van der Waals surface area contributed by atoms with Crippen LogP contribution < -0.4 is 0 Å². The molecule has 3 rings (SSSR count). The molecule has 0 spiro atoms. The van der Waals surface area contributed by atoms with E-state index in [1.54, 1.807) is 0 Å². The summed E-state index contributed by atoms with van der Waals surface area (Å²) in [6.45, 7) is 6.81. The Labute approximate surface area is 131 Å². The quantitative estimate of drug-likeness (QED) is 0.735. The maximum Gasteiger partial charge on any atom is 0.0992 e. The van der Waals surface area contributed by atoms with Gasteiger partial charge in [0.25, 0.3) is 0 Å². The Bertz CT molecular complexity index is 646. The van der Waals surface area contributed by atoms with Crippen LogP contribution in [0.1, 0.15) is 38.3 Å². The molecule has 21 heavy (non-hydrogen) atoms. The lowest BCUT2D eigenvalue weighted by Crippen LogP contribution is -2.36. The fourth-order valence-corrected chi connectivity index (χ4v) is 4.72. The highest BCUT2D eigenvalue weighted by Gasteiger charge is 2.40. The molecule has 0 fully saturated rings. The second kappa shape index (κ2) is 5.34. The summed E-state index contributed by atoms with van der Waals surface area (Å²) in [6, 6.07) is 21.3. The van der Waals surface area contributed by atoms with Crippen molar-refractivity contribution in [1.82, 2.24) is 0 Å². The fourth-order valence-electron chi connectivity index (χ4n) is 3.07. The molecule has 0 aromatic heterocycles. The maximum atomic E-state index is 4.98. The fraction of sp³-hybridized carbons (Fsp3) is 0.316. The number of rotatable bonds is 2. The second-order valence-corrected chi connectivity index (χ2v) is 7.96. The first-order valence-electron chi connectivity index (χ1n) is 7.38. The van der Waals surface area contributed by atoms with E-state index >= 15 is 0 Å². The Morgan fingerprint density at radius 3 is 2.05 bits per heavy atom. The minimum absolute atomic E-state index is 0.0407. The zero-order valence-electron chi connectivity index (χ0n) is 12.8. The molecule has 108 valence electrons. The van der Waals surface area contributed by atoms with Gasteiger partial charge in [-0.3, -0.25) is 4.99 Å². The molecule has 0 saturated heterocycles. The van der Waals surface area contributed by atoms with E-state index in [-0.39, 0.29) is 10.3 Å². The van der Waals surface area contributed by atoms with Crippen LogP contribution in [0.4, 0.5) is 0 Å². The van der Waals surface area contributed by atoms with E-state index in [4.69, 9.17) is 4.99 Å². The van der Waals surface area contributed by atoms with Crippen LogP contribution in [0.2, 0.25) is 0 Å². The monoisotopic (exact) mass is 295 g/mol. The van der Waals surface area contributed by atoms with Crippen LogP contribution in [0.25, 0.3) is 0 Å². The minimum Gasteiger partial charge on any atom is -0.272 e. The highest BCUT2D eigenvalue weighted by molar-refractivity contribution is 8.15. The SMILES string of the molecule is CC1(C)C[C@](C)(c2ccccc2)SC(c2ccccc2)=N1. The van der Waals surface area contributed by atoms with Crippen LogP contribution in [0.3, 0.4) is 0 Å². The average Bonchev–Trinajstić information content (AvgIpc) is 2.47. The Hall–Kier alpha value is -1.54. The Morgan fingerprint density at radius 2 is 1.43 bits per heavy atom. The van der Waals surface area contributed by atoms with Crippen molar-refractivity contribution in [3.05, 3.63) is 71.8 Å². The van der Waals surface area contributed by atoms with Gasteiger partial charge in [0.1, 0.15) is 0 Å². The lowest BCUT2D eigenvalue weighted by molar-refractivity contribution is 0.414. The van der Waals surface area contributed by atoms with E-state index < -0.39 is 0 Å². The summed E-state index contributed by atoms with van der Waals surface area (Å²) in [7, 11) is 0. The van der Waals surface area contributed by atoms with Gasteiger partial charge in [-0.1, -0.05) is 72.4 Å². The van der Waals surface area contributed by atoms with E-state index in [1.807, 2.05) is 11.8 Å². The zero-order chi connectivity index (χ0) is 14.9. The standard InChI is InChI=1S/C19H21NS/c1-18(2)14-19(3,16-12-8-5-9-13-16)21-17(20-18)15-10-6-4-7-11-15/h4-13H,14H2,1-3H3/t19-/m1/s1. The number of thioether (sulfide) groups is 1. The first-order valence-corrected chi connectivity index (χ1v) is 8.20. The van der Waals surface area contributed by atoms with Gasteiger partial charge in [0.05, 0.1) is 10.6 Å². The van der Waals surface area contributed by atoms with Gasteiger partial charge in [0.2, 0.25) is 0 Å². The number of benzene rings is 2. The molecular weight excluding hydrogens is 274 g/mol. The van der Waals surface area contributed by atoms with Gasteiger partial charge >= 0.3 is 0 Å². The Balaban J connectivity index is 2.03. The summed E-state index contributed by atoms with van der Waals surface area (Å²) in [6.07, 6.45) is 1.05. The van der Waals surface area contributed by atoms with Crippen LogP contribution >= 0.6 is 11.8 Å². The number of nitrogens with zero attached hydrogens (tertiary/aromatic N) is 1. The van der Waals surface area contributed by atoms with E-state index in [1.165, 1.54) is 11.1 Å². The van der Waals surface area contributed by atoms with Crippen molar-refractivity contribution in [2.24, 2.45) is 4.99 Å². The van der Waals surface area contributed by atoms with Crippen molar-refractivity contribution in [2.75, 3.05) is 0 Å². The summed E-state index contributed by atoms with van der Waals surface area (Å²) in [5, 5.41) is 1.15. The third-order valence-electron chi connectivity index (χ3n) is 3.90. The Morgan fingerprint density at radius 1 is 0.857 bits per heavy atom. The summed E-state index contributed by atoms with van der Waals surface area (Å²) < 4.78 is 0.0671. The smallest absolute Gasteiger partial charge is 0.0992 e. The van der Waals surface area contributed by atoms with Crippen molar-refractivity contribution in [3.8, 4) is 0 Å². The summed E-state index contributed by atoms with van der Waals surface area (Å²) >= 11 is 1.89. The van der Waals surface area contributed by atoms with Gasteiger partial charge in [-0.25, -0.2) is 0 Å². The topological polar surface area (TPSA) is 12.4 Å². The van der Waals surface area contributed by atoms with Gasteiger partial charge in [0.15, 0.2) is 0 Å². The predicted molar refractivity (Wildman–Crippen MR) is 93.1 cm³/mol. The molecule has 1 aliphatic heterocycles. The lowest BCUT2D eigenvalue weighted by Gasteiger charge is -2.40. The van der Waals surface area contributed by atoms with Crippen LogP contribution in [0.5, 0.6) is 0 Å². The molecule has 2 aromatic rings. The van der Waals surface area contributed by atoms with Gasteiger partial charge in [-0.15, -0.1) is 0 Å². The van der Waals surface area contributed by atoms with Gasteiger partial charge in [-0.05, 0) is 32.8 Å². The molecule has 0 bridgehead atoms. The summed E-state index contributed by atoms with van der Waals surface area (Å²) in [5.41, 5.74) is 2.56. The number of hydrogen-bond acceptors (Lipinski definition) is 2. The molecule has 0 saturated carbocycles. The minimum atomic E-state index is -0.0407. The molecule has 1 nitrogen and oxygen atoms in total. The number of hydrogen-bond donors (Lipinski definition) is 0. The van der Waals surface area contributed by atoms with Crippen molar-refractivity contribution in [1.29, 1.82) is 0 Å². The van der Waals surface area contributed by atoms with Crippen molar-refractivity contribution in [3.63, 3.8) is 0 Å². The molecule has 0 unspecified atom stereocenters. The van der Waals surface area contributed by atoms with Gasteiger partial charge in [-0.2, -0.15) is 0 Å². The van der Waals surface area contributed by atoms with Crippen molar-refractivity contribution >= 4 is 16.8 Å². The molecule has 0 aliphatic carbocycles.